The third-order valence-corrected chi connectivity index (χ3v) is 4.56. The van der Waals surface area contributed by atoms with Crippen LogP contribution in [0.1, 0.15) is 62.6 Å². The lowest BCUT2D eigenvalue weighted by atomic mass is 9.98. The number of hydrogen-bond acceptors (Lipinski definition) is 3. The third-order valence-electron chi connectivity index (χ3n) is 4.56. The highest BCUT2D eigenvalue weighted by Crippen LogP contribution is 2.20. The van der Waals surface area contributed by atoms with E-state index < -0.39 is 6.10 Å². The highest BCUT2D eigenvalue weighted by Gasteiger charge is 2.16. The Morgan fingerprint density at radius 3 is 2.50 bits per heavy atom. The van der Waals surface area contributed by atoms with Crippen LogP contribution in [0.3, 0.4) is 0 Å². The standard InChI is InChI=1S/C19H31NO2/c1-3-19(16-11-9-15(2)10-12-16)20-13-17(21)14-22-18-7-5-4-6-8-18/h9-12,17-21H,3-8,13-14H2,1-2H3. The minimum Gasteiger partial charge on any atom is -0.389 e. The molecule has 2 N–H and O–H groups in total. The Labute approximate surface area is 135 Å². The van der Waals surface area contributed by atoms with Crippen LogP contribution < -0.4 is 5.32 Å². The predicted molar refractivity (Wildman–Crippen MR) is 91.0 cm³/mol. The second-order valence-corrected chi connectivity index (χ2v) is 6.53. The van der Waals surface area contributed by atoms with Crippen molar-refractivity contribution in [1.82, 2.24) is 5.32 Å². The SMILES string of the molecule is CCC(NCC(O)COC1CCCCC1)c1ccc(C)cc1. The van der Waals surface area contributed by atoms with Crippen molar-refractivity contribution in [2.45, 2.75) is 70.6 Å². The van der Waals surface area contributed by atoms with Crippen molar-refractivity contribution in [3.05, 3.63) is 35.4 Å². The first-order chi connectivity index (χ1) is 10.7. The average Bonchev–Trinajstić information content (AvgIpc) is 2.56. The summed E-state index contributed by atoms with van der Waals surface area (Å²) in [5.41, 5.74) is 2.56. The summed E-state index contributed by atoms with van der Waals surface area (Å²) in [4.78, 5) is 0. The highest BCUT2D eigenvalue weighted by molar-refractivity contribution is 5.24. The number of aliphatic hydroxyl groups excluding tert-OH is 1. The van der Waals surface area contributed by atoms with Gasteiger partial charge in [-0.05, 0) is 31.7 Å². The maximum Gasteiger partial charge on any atom is 0.0898 e. The van der Waals surface area contributed by atoms with Crippen molar-refractivity contribution >= 4 is 0 Å². The van der Waals surface area contributed by atoms with Gasteiger partial charge in [0.1, 0.15) is 0 Å². The fourth-order valence-electron chi connectivity index (χ4n) is 3.11. The monoisotopic (exact) mass is 305 g/mol. The summed E-state index contributed by atoms with van der Waals surface area (Å²) in [6.45, 7) is 5.30. The summed E-state index contributed by atoms with van der Waals surface area (Å²) in [7, 11) is 0. The Hall–Kier alpha value is -0.900. The van der Waals surface area contributed by atoms with Gasteiger partial charge in [0.2, 0.25) is 0 Å². The Morgan fingerprint density at radius 1 is 1.18 bits per heavy atom. The molecule has 0 amide bonds. The fraction of sp³-hybridized carbons (Fsp3) is 0.684. The van der Waals surface area contributed by atoms with Crippen LogP contribution in [0.2, 0.25) is 0 Å². The van der Waals surface area contributed by atoms with Crippen LogP contribution in [0, 0.1) is 6.92 Å². The first-order valence-electron chi connectivity index (χ1n) is 8.78. The summed E-state index contributed by atoms with van der Waals surface area (Å²) >= 11 is 0. The minimum absolute atomic E-state index is 0.296. The minimum atomic E-state index is -0.429. The van der Waals surface area contributed by atoms with Crippen molar-refractivity contribution in [1.29, 1.82) is 0 Å². The number of benzene rings is 1. The molecule has 0 saturated heterocycles. The van der Waals surface area contributed by atoms with Gasteiger partial charge in [-0.1, -0.05) is 56.0 Å². The number of hydrogen-bond donors (Lipinski definition) is 2. The van der Waals surface area contributed by atoms with E-state index >= 15 is 0 Å². The van der Waals surface area contributed by atoms with E-state index in [-0.39, 0.29) is 0 Å². The van der Waals surface area contributed by atoms with Crippen LogP contribution in [0.15, 0.2) is 24.3 Å². The summed E-state index contributed by atoms with van der Waals surface area (Å²) < 4.78 is 5.84. The molecule has 1 aromatic rings. The van der Waals surface area contributed by atoms with Gasteiger partial charge >= 0.3 is 0 Å². The van der Waals surface area contributed by atoms with E-state index in [4.69, 9.17) is 4.74 Å². The van der Waals surface area contributed by atoms with Gasteiger partial charge in [0.15, 0.2) is 0 Å². The number of nitrogens with one attached hydrogen (secondary N) is 1. The van der Waals surface area contributed by atoms with Gasteiger partial charge in [0.25, 0.3) is 0 Å². The summed E-state index contributed by atoms with van der Waals surface area (Å²) in [5.74, 6) is 0. The van der Waals surface area contributed by atoms with Crippen molar-refractivity contribution in [3.8, 4) is 0 Å². The van der Waals surface area contributed by atoms with E-state index in [1.807, 2.05) is 0 Å². The lowest BCUT2D eigenvalue weighted by Gasteiger charge is -2.24. The van der Waals surface area contributed by atoms with E-state index in [1.54, 1.807) is 0 Å². The molecule has 1 saturated carbocycles. The molecule has 0 heterocycles. The second kappa shape index (κ2) is 9.29. The molecule has 2 unspecified atom stereocenters. The van der Waals surface area contributed by atoms with Crippen LogP contribution in [-0.2, 0) is 4.74 Å². The largest absolute Gasteiger partial charge is 0.389 e. The Kier molecular flexibility index (Phi) is 7.37. The molecule has 2 rings (SSSR count). The maximum atomic E-state index is 10.1. The quantitative estimate of drug-likeness (QED) is 0.768. The molecule has 0 spiro atoms. The molecule has 1 aliphatic carbocycles. The smallest absolute Gasteiger partial charge is 0.0898 e. The highest BCUT2D eigenvalue weighted by atomic mass is 16.5. The molecule has 1 aromatic carbocycles. The summed E-state index contributed by atoms with van der Waals surface area (Å²) in [6.07, 6.45) is 7.12. The fourth-order valence-corrected chi connectivity index (χ4v) is 3.11. The molecule has 0 aromatic heterocycles. The van der Waals surface area contributed by atoms with E-state index in [9.17, 15) is 5.11 Å². The van der Waals surface area contributed by atoms with E-state index in [0.717, 1.165) is 19.3 Å². The molecule has 3 heteroatoms. The third kappa shape index (κ3) is 5.71. The van der Waals surface area contributed by atoms with Crippen LogP contribution >= 0.6 is 0 Å². The van der Waals surface area contributed by atoms with Gasteiger partial charge in [-0.3, -0.25) is 0 Å². The molecule has 0 aliphatic heterocycles. The zero-order valence-corrected chi connectivity index (χ0v) is 14.1. The van der Waals surface area contributed by atoms with Gasteiger partial charge < -0.3 is 15.2 Å². The van der Waals surface area contributed by atoms with Crippen molar-refractivity contribution in [3.63, 3.8) is 0 Å². The van der Waals surface area contributed by atoms with Gasteiger partial charge in [0.05, 0.1) is 18.8 Å². The zero-order chi connectivity index (χ0) is 15.8. The van der Waals surface area contributed by atoms with Crippen molar-refractivity contribution < 1.29 is 9.84 Å². The first-order valence-corrected chi connectivity index (χ1v) is 8.78. The first kappa shape index (κ1) is 17.5. The van der Waals surface area contributed by atoms with E-state index in [0.29, 0.717) is 25.3 Å². The van der Waals surface area contributed by atoms with E-state index in [2.05, 4.69) is 43.4 Å². The molecule has 124 valence electrons. The molecular formula is C19H31NO2. The lowest BCUT2D eigenvalue weighted by molar-refractivity contribution is -0.0236. The molecule has 0 radical (unpaired) electrons. The average molecular weight is 305 g/mol. The molecular weight excluding hydrogens is 274 g/mol. The maximum absolute atomic E-state index is 10.1. The Bertz CT molecular complexity index is 412. The van der Waals surface area contributed by atoms with Crippen molar-refractivity contribution in [2.75, 3.05) is 13.2 Å². The molecule has 3 nitrogen and oxygen atoms in total. The van der Waals surface area contributed by atoms with Gasteiger partial charge in [-0.25, -0.2) is 0 Å². The number of aliphatic hydroxyl groups is 1. The molecule has 1 aliphatic rings. The van der Waals surface area contributed by atoms with E-state index in [1.165, 1.54) is 30.4 Å². The molecule has 0 bridgehead atoms. The topological polar surface area (TPSA) is 41.5 Å². The second-order valence-electron chi connectivity index (χ2n) is 6.53. The summed E-state index contributed by atoms with van der Waals surface area (Å²) in [5, 5.41) is 13.6. The number of ether oxygens (including phenoxy) is 1. The molecule has 2 atom stereocenters. The van der Waals surface area contributed by atoms with Gasteiger partial charge in [-0.2, -0.15) is 0 Å². The van der Waals surface area contributed by atoms with Crippen LogP contribution in [-0.4, -0.2) is 30.5 Å². The molecule has 22 heavy (non-hydrogen) atoms. The Balaban J connectivity index is 1.71. The number of aryl methyl sites for hydroxylation is 1. The Morgan fingerprint density at radius 2 is 1.86 bits per heavy atom. The zero-order valence-electron chi connectivity index (χ0n) is 14.1. The van der Waals surface area contributed by atoms with Crippen LogP contribution in [0.4, 0.5) is 0 Å². The normalized spacial score (nSPS) is 19.0. The van der Waals surface area contributed by atoms with Crippen LogP contribution in [0.25, 0.3) is 0 Å². The number of rotatable bonds is 8. The summed E-state index contributed by atoms with van der Waals surface area (Å²) in [6, 6.07) is 8.91. The molecule has 1 fully saturated rings. The lowest BCUT2D eigenvalue weighted by Crippen LogP contribution is -2.34. The van der Waals surface area contributed by atoms with Crippen LogP contribution in [0.5, 0.6) is 0 Å². The van der Waals surface area contributed by atoms with Gasteiger partial charge in [0, 0.05) is 12.6 Å². The predicted octanol–water partition coefficient (Wildman–Crippen LogP) is 3.75. The van der Waals surface area contributed by atoms with Crippen molar-refractivity contribution in [2.24, 2.45) is 0 Å². The van der Waals surface area contributed by atoms with Gasteiger partial charge in [-0.15, -0.1) is 0 Å².